The number of thiazole rings is 1. The van der Waals surface area contributed by atoms with Crippen molar-refractivity contribution in [3.05, 3.63) is 45.9 Å². The lowest BCUT2D eigenvalue weighted by molar-refractivity contribution is 0.0658. The third-order valence-electron chi connectivity index (χ3n) is 3.91. The predicted molar refractivity (Wildman–Crippen MR) is 91.0 cm³/mol. The van der Waals surface area contributed by atoms with E-state index in [2.05, 4.69) is 16.9 Å². The molecule has 0 radical (unpaired) electrons. The topological polar surface area (TPSA) is 45.7 Å². The lowest BCUT2D eigenvalue weighted by atomic mass is 10.2. The number of aryl methyl sites for hydroxylation is 1. The third kappa shape index (κ3) is 4.09. The van der Waals surface area contributed by atoms with Crippen LogP contribution in [0.15, 0.2) is 29.6 Å². The number of ether oxygens (including phenoxy) is 1. The quantitative estimate of drug-likeness (QED) is 0.863. The minimum atomic E-state index is 0.0242. The Morgan fingerprint density at radius 3 is 2.83 bits per heavy atom. The maximum absolute atomic E-state index is 12.4. The molecule has 23 heavy (non-hydrogen) atoms. The largest absolute Gasteiger partial charge is 0.486 e. The third-order valence-corrected chi connectivity index (χ3v) is 4.74. The lowest BCUT2D eigenvalue weighted by Crippen LogP contribution is -2.47. The van der Waals surface area contributed by atoms with Crippen molar-refractivity contribution in [3.8, 4) is 5.75 Å². The average molecular weight is 331 g/mol. The molecule has 3 rings (SSSR count). The van der Waals surface area contributed by atoms with Crippen molar-refractivity contribution in [2.75, 3.05) is 33.2 Å². The molecule has 1 aromatic heterocycles. The van der Waals surface area contributed by atoms with E-state index in [0.717, 1.165) is 42.5 Å². The van der Waals surface area contributed by atoms with E-state index in [9.17, 15) is 4.79 Å². The summed E-state index contributed by atoms with van der Waals surface area (Å²) in [5, 5.41) is 2.65. The van der Waals surface area contributed by atoms with Crippen LogP contribution in [0, 0.1) is 6.92 Å². The molecule has 1 fully saturated rings. The molecule has 1 amide bonds. The first kappa shape index (κ1) is 16.0. The molecule has 0 N–H and O–H groups in total. The Morgan fingerprint density at radius 2 is 2.09 bits per heavy atom. The fraction of sp³-hybridized carbons (Fsp3) is 0.412. The second-order valence-electron chi connectivity index (χ2n) is 5.83. The van der Waals surface area contributed by atoms with Gasteiger partial charge in [0.05, 0.1) is 0 Å². The summed E-state index contributed by atoms with van der Waals surface area (Å²) >= 11 is 1.47. The van der Waals surface area contributed by atoms with Crippen molar-refractivity contribution in [2.24, 2.45) is 0 Å². The van der Waals surface area contributed by atoms with Gasteiger partial charge in [0, 0.05) is 31.6 Å². The smallest absolute Gasteiger partial charge is 0.273 e. The number of rotatable bonds is 4. The predicted octanol–water partition coefficient (Wildman–Crippen LogP) is 2.42. The molecule has 2 heterocycles. The lowest BCUT2D eigenvalue weighted by Gasteiger charge is -2.31. The molecule has 6 heteroatoms. The number of benzene rings is 1. The monoisotopic (exact) mass is 331 g/mol. The van der Waals surface area contributed by atoms with Gasteiger partial charge in [-0.1, -0.05) is 12.1 Å². The van der Waals surface area contributed by atoms with E-state index >= 15 is 0 Å². The Labute approximate surface area is 140 Å². The van der Waals surface area contributed by atoms with Crippen molar-refractivity contribution in [1.82, 2.24) is 14.8 Å². The van der Waals surface area contributed by atoms with Gasteiger partial charge in [0.2, 0.25) is 0 Å². The van der Waals surface area contributed by atoms with Gasteiger partial charge in [0.15, 0.2) is 0 Å². The summed E-state index contributed by atoms with van der Waals surface area (Å²) in [7, 11) is 2.07. The second kappa shape index (κ2) is 7.10. The van der Waals surface area contributed by atoms with E-state index < -0.39 is 0 Å². The summed E-state index contributed by atoms with van der Waals surface area (Å²) in [6, 6.07) is 7.92. The molecule has 1 aliphatic heterocycles. The zero-order valence-corrected chi connectivity index (χ0v) is 14.3. The van der Waals surface area contributed by atoms with Crippen LogP contribution in [-0.2, 0) is 6.61 Å². The van der Waals surface area contributed by atoms with Gasteiger partial charge < -0.3 is 14.5 Å². The number of hydrogen-bond acceptors (Lipinski definition) is 5. The van der Waals surface area contributed by atoms with Gasteiger partial charge in [-0.25, -0.2) is 4.98 Å². The first-order chi connectivity index (χ1) is 11.1. The molecule has 0 aliphatic carbocycles. The standard InChI is InChI=1S/C17H21N3O2S/c1-13-4-3-5-14(10-13)22-11-16-18-15(12-23-16)17(21)20-8-6-19(2)7-9-20/h3-5,10,12H,6-9,11H2,1-2H3. The summed E-state index contributed by atoms with van der Waals surface area (Å²) in [4.78, 5) is 21.0. The molecule has 0 bridgehead atoms. The number of carbonyl (C=O) groups is 1. The van der Waals surface area contributed by atoms with Crippen LogP contribution >= 0.6 is 11.3 Å². The average Bonchev–Trinajstić information content (AvgIpc) is 3.02. The number of likely N-dealkylation sites (N-methyl/N-ethyl adjacent to an activating group) is 1. The van der Waals surface area contributed by atoms with Gasteiger partial charge in [-0.15, -0.1) is 11.3 Å². The van der Waals surface area contributed by atoms with E-state index in [1.165, 1.54) is 11.3 Å². The molecular weight excluding hydrogens is 310 g/mol. The van der Waals surface area contributed by atoms with Crippen molar-refractivity contribution < 1.29 is 9.53 Å². The molecule has 0 atom stereocenters. The molecule has 0 saturated carbocycles. The van der Waals surface area contributed by atoms with Crippen molar-refractivity contribution >= 4 is 17.2 Å². The first-order valence-electron chi connectivity index (χ1n) is 7.73. The Balaban J connectivity index is 1.58. The maximum atomic E-state index is 12.4. The zero-order chi connectivity index (χ0) is 16.2. The fourth-order valence-corrected chi connectivity index (χ4v) is 3.18. The number of amides is 1. The van der Waals surface area contributed by atoms with Gasteiger partial charge >= 0.3 is 0 Å². The molecule has 1 aliphatic rings. The van der Waals surface area contributed by atoms with Crippen molar-refractivity contribution in [3.63, 3.8) is 0 Å². The van der Waals surface area contributed by atoms with Crippen LogP contribution in [0.1, 0.15) is 21.1 Å². The van der Waals surface area contributed by atoms with Crippen LogP contribution in [0.5, 0.6) is 5.75 Å². The van der Waals surface area contributed by atoms with Gasteiger partial charge in [-0.05, 0) is 31.7 Å². The molecule has 1 saturated heterocycles. The zero-order valence-electron chi connectivity index (χ0n) is 13.5. The first-order valence-corrected chi connectivity index (χ1v) is 8.61. The van der Waals surface area contributed by atoms with Gasteiger partial charge in [0.1, 0.15) is 23.1 Å². The van der Waals surface area contributed by atoms with Crippen LogP contribution in [0.4, 0.5) is 0 Å². The van der Waals surface area contributed by atoms with Gasteiger partial charge in [-0.3, -0.25) is 4.79 Å². The number of aromatic nitrogens is 1. The number of hydrogen-bond donors (Lipinski definition) is 0. The van der Waals surface area contributed by atoms with E-state index in [4.69, 9.17) is 4.74 Å². The summed E-state index contributed by atoms with van der Waals surface area (Å²) in [6.07, 6.45) is 0. The van der Waals surface area contributed by atoms with Crippen LogP contribution < -0.4 is 4.74 Å². The Morgan fingerprint density at radius 1 is 1.30 bits per heavy atom. The highest BCUT2D eigenvalue weighted by atomic mass is 32.1. The molecule has 122 valence electrons. The normalized spacial score (nSPS) is 15.7. The Kier molecular flexibility index (Phi) is 4.93. The minimum Gasteiger partial charge on any atom is -0.486 e. The number of piperazine rings is 1. The Hall–Kier alpha value is -1.92. The maximum Gasteiger partial charge on any atom is 0.273 e. The molecule has 5 nitrogen and oxygen atoms in total. The SMILES string of the molecule is Cc1cccc(OCc2nc(C(=O)N3CCN(C)CC3)cs2)c1. The summed E-state index contributed by atoms with van der Waals surface area (Å²) < 4.78 is 5.74. The highest BCUT2D eigenvalue weighted by molar-refractivity contribution is 7.09. The van der Waals surface area contributed by atoms with Gasteiger partial charge in [-0.2, -0.15) is 0 Å². The Bertz CT molecular complexity index is 678. The second-order valence-corrected chi connectivity index (χ2v) is 6.77. The van der Waals surface area contributed by atoms with E-state index in [0.29, 0.717) is 12.3 Å². The van der Waals surface area contributed by atoms with Gasteiger partial charge in [0.25, 0.3) is 5.91 Å². The fourth-order valence-electron chi connectivity index (χ4n) is 2.50. The molecule has 1 aromatic carbocycles. The number of nitrogens with zero attached hydrogens (tertiary/aromatic N) is 3. The summed E-state index contributed by atoms with van der Waals surface area (Å²) in [5.74, 6) is 0.850. The molecule has 0 unspecified atom stereocenters. The van der Waals surface area contributed by atoms with Crippen molar-refractivity contribution in [2.45, 2.75) is 13.5 Å². The van der Waals surface area contributed by atoms with E-state index in [1.54, 1.807) is 0 Å². The number of carbonyl (C=O) groups excluding carboxylic acids is 1. The van der Waals surface area contributed by atoms with E-state index in [1.807, 2.05) is 41.5 Å². The molecule has 2 aromatic rings. The summed E-state index contributed by atoms with van der Waals surface area (Å²) in [5.41, 5.74) is 1.69. The molecular formula is C17H21N3O2S. The van der Waals surface area contributed by atoms with Crippen LogP contribution in [0.25, 0.3) is 0 Å². The van der Waals surface area contributed by atoms with Crippen LogP contribution in [0.3, 0.4) is 0 Å². The minimum absolute atomic E-state index is 0.0242. The summed E-state index contributed by atoms with van der Waals surface area (Å²) in [6.45, 7) is 5.79. The highest BCUT2D eigenvalue weighted by Gasteiger charge is 2.22. The van der Waals surface area contributed by atoms with E-state index in [-0.39, 0.29) is 5.91 Å². The van der Waals surface area contributed by atoms with Crippen molar-refractivity contribution in [1.29, 1.82) is 0 Å². The molecule has 0 spiro atoms. The van der Waals surface area contributed by atoms with Crippen LogP contribution in [-0.4, -0.2) is 53.9 Å². The van der Waals surface area contributed by atoms with Crippen LogP contribution in [0.2, 0.25) is 0 Å². The highest BCUT2D eigenvalue weighted by Crippen LogP contribution is 2.17.